The van der Waals surface area contributed by atoms with Crippen LogP contribution in [-0.4, -0.2) is 67.1 Å². The molecule has 2 aromatic heterocycles. The van der Waals surface area contributed by atoms with Gasteiger partial charge in [0, 0.05) is 60.6 Å². The molecular formula is C19H25N5OS. The van der Waals surface area contributed by atoms with E-state index in [9.17, 15) is 4.79 Å². The van der Waals surface area contributed by atoms with Gasteiger partial charge in [0.25, 0.3) is 5.91 Å². The first-order valence-corrected chi connectivity index (χ1v) is 10.4. The van der Waals surface area contributed by atoms with Gasteiger partial charge in [-0.1, -0.05) is 0 Å². The number of anilines is 1. The van der Waals surface area contributed by atoms with E-state index in [-0.39, 0.29) is 11.9 Å². The highest BCUT2D eigenvalue weighted by atomic mass is 32.1. The Hall–Kier alpha value is -1.70. The first-order chi connectivity index (χ1) is 12.7. The van der Waals surface area contributed by atoms with E-state index in [1.165, 1.54) is 17.8 Å². The van der Waals surface area contributed by atoms with Crippen molar-refractivity contribution >= 4 is 32.3 Å². The fourth-order valence-corrected chi connectivity index (χ4v) is 5.58. The van der Waals surface area contributed by atoms with Crippen LogP contribution in [0.4, 0.5) is 5.00 Å². The standard InChI is InChI=1S/C19H25N5OS/c1-23-4-6-24(7-5-23)18-8-12-11-20-16(10-17(12)26-18)19(25)22-15-9-13-2-3-14(15)21-13/h8,10-11,13-15,21H,2-7,9H2,1H3,(H,22,25)/t13-,14+,15-/m1/s1. The second-order valence-corrected chi connectivity index (χ2v) is 8.91. The largest absolute Gasteiger partial charge is 0.361 e. The first kappa shape index (κ1) is 16.5. The number of likely N-dealkylation sites (N-methyl/N-ethyl adjacent to an activating group) is 1. The third-order valence-electron chi connectivity index (χ3n) is 6.05. The minimum absolute atomic E-state index is 0.0409. The Kier molecular flexibility index (Phi) is 4.10. The third-order valence-corrected chi connectivity index (χ3v) is 7.21. The number of nitrogens with zero attached hydrogens (tertiary/aromatic N) is 3. The van der Waals surface area contributed by atoms with E-state index >= 15 is 0 Å². The SMILES string of the molecule is CN1CCN(c2cc3cnc(C(=O)N[C@@H]4C[C@H]5CC[C@@H]4N5)cc3s2)CC1. The molecule has 0 radical (unpaired) electrons. The molecule has 138 valence electrons. The summed E-state index contributed by atoms with van der Waals surface area (Å²) < 4.78 is 1.14. The third kappa shape index (κ3) is 2.98. The Bertz CT molecular complexity index is 828. The highest BCUT2D eigenvalue weighted by Crippen LogP contribution is 2.33. The van der Waals surface area contributed by atoms with Crippen molar-refractivity contribution in [1.82, 2.24) is 20.5 Å². The summed E-state index contributed by atoms with van der Waals surface area (Å²) in [4.78, 5) is 21.9. The van der Waals surface area contributed by atoms with Crippen LogP contribution >= 0.6 is 11.3 Å². The highest BCUT2D eigenvalue weighted by molar-refractivity contribution is 7.22. The lowest BCUT2D eigenvalue weighted by molar-refractivity contribution is 0.0926. The summed E-state index contributed by atoms with van der Waals surface area (Å²) in [5.41, 5.74) is 0.534. The molecule has 5 rings (SSSR count). The van der Waals surface area contributed by atoms with Crippen LogP contribution in [-0.2, 0) is 0 Å². The van der Waals surface area contributed by atoms with Crippen LogP contribution in [0.5, 0.6) is 0 Å². The normalized spacial score (nSPS) is 28.8. The zero-order valence-electron chi connectivity index (χ0n) is 15.1. The maximum atomic E-state index is 12.7. The number of piperazine rings is 1. The van der Waals surface area contributed by atoms with E-state index in [1.54, 1.807) is 11.3 Å². The Morgan fingerprint density at radius 3 is 2.85 bits per heavy atom. The van der Waals surface area contributed by atoms with Gasteiger partial charge in [-0.3, -0.25) is 9.78 Å². The first-order valence-electron chi connectivity index (χ1n) is 9.56. The molecule has 3 atom stereocenters. The van der Waals surface area contributed by atoms with Gasteiger partial charge in [0.1, 0.15) is 5.69 Å². The number of carbonyl (C=O) groups excluding carboxylic acids is 1. The molecule has 0 saturated carbocycles. The van der Waals surface area contributed by atoms with Crippen LogP contribution < -0.4 is 15.5 Å². The molecule has 2 bridgehead atoms. The number of aromatic nitrogens is 1. The summed E-state index contributed by atoms with van der Waals surface area (Å²) in [7, 11) is 2.17. The summed E-state index contributed by atoms with van der Waals surface area (Å²) in [5, 5.41) is 9.17. The lowest BCUT2D eigenvalue weighted by atomic mass is 9.95. The van der Waals surface area contributed by atoms with Crippen molar-refractivity contribution in [2.45, 2.75) is 37.4 Å². The number of amides is 1. The average Bonchev–Trinajstić information content (AvgIpc) is 3.36. The predicted octanol–water partition coefficient (Wildman–Crippen LogP) is 1.67. The molecule has 26 heavy (non-hydrogen) atoms. The van der Waals surface area contributed by atoms with E-state index in [4.69, 9.17) is 0 Å². The van der Waals surface area contributed by atoms with Crippen molar-refractivity contribution in [3.63, 3.8) is 0 Å². The minimum Gasteiger partial charge on any atom is -0.361 e. The molecule has 1 amide bonds. The van der Waals surface area contributed by atoms with E-state index in [2.05, 4.69) is 38.5 Å². The number of pyridine rings is 1. The molecule has 3 fully saturated rings. The topological polar surface area (TPSA) is 60.5 Å². The summed E-state index contributed by atoms with van der Waals surface area (Å²) >= 11 is 1.77. The molecule has 0 aliphatic carbocycles. The molecule has 0 unspecified atom stereocenters. The van der Waals surface area contributed by atoms with Crippen molar-refractivity contribution in [2.24, 2.45) is 0 Å². The van der Waals surface area contributed by atoms with Gasteiger partial charge >= 0.3 is 0 Å². The maximum absolute atomic E-state index is 12.7. The number of rotatable bonds is 3. The number of hydrogen-bond acceptors (Lipinski definition) is 6. The van der Waals surface area contributed by atoms with Crippen LogP contribution in [0.2, 0.25) is 0 Å². The Balaban J connectivity index is 1.32. The van der Waals surface area contributed by atoms with E-state index < -0.39 is 0 Å². The maximum Gasteiger partial charge on any atom is 0.270 e. The molecule has 7 heteroatoms. The fourth-order valence-electron chi connectivity index (χ4n) is 4.45. The molecular weight excluding hydrogens is 346 g/mol. The van der Waals surface area contributed by atoms with Gasteiger partial charge in [0.15, 0.2) is 0 Å². The van der Waals surface area contributed by atoms with Crippen LogP contribution in [0, 0.1) is 0 Å². The van der Waals surface area contributed by atoms with Gasteiger partial charge in [-0.2, -0.15) is 0 Å². The van der Waals surface area contributed by atoms with Crippen molar-refractivity contribution in [1.29, 1.82) is 0 Å². The summed E-state index contributed by atoms with van der Waals surface area (Å²) in [6.07, 6.45) is 5.30. The summed E-state index contributed by atoms with van der Waals surface area (Å²) in [6, 6.07) is 5.44. The van der Waals surface area contributed by atoms with Crippen molar-refractivity contribution in [2.75, 3.05) is 38.1 Å². The Labute approximate surface area is 157 Å². The smallest absolute Gasteiger partial charge is 0.270 e. The molecule has 3 saturated heterocycles. The Morgan fingerprint density at radius 2 is 2.12 bits per heavy atom. The average molecular weight is 372 g/mol. The second-order valence-electron chi connectivity index (χ2n) is 7.85. The zero-order valence-corrected chi connectivity index (χ0v) is 15.9. The highest BCUT2D eigenvalue weighted by Gasteiger charge is 2.39. The van der Waals surface area contributed by atoms with Gasteiger partial charge in [0.05, 0.1) is 5.00 Å². The predicted molar refractivity (Wildman–Crippen MR) is 105 cm³/mol. The second kappa shape index (κ2) is 6.48. The number of hydrogen-bond donors (Lipinski definition) is 2. The lowest BCUT2D eigenvalue weighted by Gasteiger charge is -2.32. The number of carbonyl (C=O) groups is 1. The minimum atomic E-state index is -0.0409. The van der Waals surface area contributed by atoms with Gasteiger partial charge in [-0.15, -0.1) is 11.3 Å². The van der Waals surface area contributed by atoms with Gasteiger partial charge in [-0.25, -0.2) is 0 Å². The van der Waals surface area contributed by atoms with Crippen LogP contribution in [0.25, 0.3) is 10.1 Å². The molecule has 2 N–H and O–H groups in total. The van der Waals surface area contributed by atoms with E-state index in [0.717, 1.165) is 42.7 Å². The van der Waals surface area contributed by atoms with Gasteiger partial charge < -0.3 is 20.4 Å². The molecule has 3 aliphatic rings. The number of fused-ring (bicyclic) bond motifs is 3. The molecule has 2 aromatic rings. The van der Waals surface area contributed by atoms with E-state index in [1.807, 2.05) is 12.3 Å². The zero-order chi connectivity index (χ0) is 17.7. The van der Waals surface area contributed by atoms with Crippen molar-refractivity contribution < 1.29 is 4.79 Å². The summed E-state index contributed by atoms with van der Waals surface area (Å²) in [6.45, 7) is 4.30. The van der Waals surface area contributed by atoms with Crippen molar-refractivity contribution in [3.05, 3.63) is 24.0 Å². The van der Waals surface area contributed by atoms with E-state index in [0.29, 0.717) is 17.8 Å². The van der Waals surface area contributed by atoms with Crippen molar-refractivity contribution in [3.8, 4) is 0 Å². The molecule has 0 spiro atoms. The van der Waals surface area contributed by atoms with Crippen LogP contribution in [0.1, 0.15) is 29.8 Å². The number of nitrogens with one attached hydrogen (secondary N) is 2. The number of thiophene rings is 1. The molecule has 0 aromatic carbocycles. The van der Waals surface area contributed by atoms with Crippen LogP contribution in [0.3, 0.4) is 0 Å². The fraction of sp³-hybridized carbons (Fsp3) is 0.579. The van der Waals surface area contributed by atoms with Crippen LogP contribution in [0.15, 0.2) is 18.3 Å². The quantitative estimate of drug-likeness (QED) is 0.860. The Morgan fingerprint density at radius 1 is 1.27 bits per heavy atom. The monoisotopic (exact) mass is 371 g/mol. The lowest BCUT2D eigenvalue weighted by Crippen LogP contribution is -2.44. The summed E-state index contributed by atoms with van der Waals surface area (Å²) in [5.74, 6) is -0.0409. The molecule has 5 heterocycles. The van der Waals surface area contributed by atoms with Gasteiger partial charge in [0.2, 0.25) is 0 Å². The molecule has 6 nitrogen and oxygen atoms in total. The van der Waals surface area contributed by atoms with Gasteiger partial charge in [-0.05, 0) is 38.4 Å². The molecule has 3 aliphatic heterocycles.